The first kappa shape index (κ1) is 17.8. The molecule has 0 aliphatic carbocycles. The van der Waals surface area contributed by atoms with Crippen LogP contribution < -0.4 is 10.1 Å². The van der Waals surface area contributed by atoms with Crippen molar-refractivity contribution in [3.63, 3.8) is 0 Å². The quantitative estimate of drug-likeness (QED) is 0.457. The molecule has 3 aromatic carbocycles. The number of rotatable bonds is 6. The van der Waals surface area contributed by atoms with E-state index in [1.165, 1.54) is 11.1 Å². The zero-order chi connectivity index (χ0) is 19.2. The molecule has 0 amide bonds. The monoisotopic (exact) mass is 366 g/mol. The van der Waals surface area contributed by atoms with Crippen molar-refractivity contribution in [2.75, 3.05) is 12.4 Å². The molecule has 4 rings (SSSR count). The van der Waals surface area contributed by atoms with E-state index in [9.17, 15) is 0 Å². The van der Waals surface area contributed by atoms with Crippen LogP contribution in [-0.4, -0.2) is 12.1 Å². The van der Waals surface area contributed by atoms with E-state index in [4.69, 9.17) is 4.74 Å². The number of benzene rings is 3. The topological polar surface area (TPSA) is 34.1 Å². The summed E-state index contributed by atoms with van der Waals surface area (Å²) in [7, 11) is 1.68. The average Bonchev–Trinajstić information content (AvgIpc) is 2.79. The first-order chi connectivity index (χ1) is 13.8. The highest BCUT2D eigenvalue weighted by Gasteiger charge is 2.18. The second kappa shape index (κ2) is 8.40. The van der Waals surface area contributed by atoms with Crippen LogP contribution in [0.4, 0.5) is 5.69 Å². The number of methoxy groups -OCH3 is 1. The lowest BCUT2D eigenvalue weighted by Crippen LogP contribution is -2.13. The lowest BCUT2D eigenvalue weighted by atomic mass is 9.92. The van der Waals surface area contributed by atoms with Gasteiger partial charge in [-0.15, -0.1) is 0 Å². The molecule has 0 saturated carbocycles. The van der Waals surface area contributed by atoms with Gasteiger partial charge in [0.1, 0.15) is 5.75 Å². The molecule has 0 bridgehead atoms. The minimum absolute atomic E-state index is 0.00667. The third-order valence-corrected chi connectivity index (χ3v) is 4.75. The Hall–Kier alpha value is -3.59. The first-order valence-electron chi connectivity index (χ1n) is 9.31. The Labute approximate surface area is 165 Å². The van der Waals surface area contributed by atoms with Crippen LogP contribution in [0.3, 0.4) is 0 Å². The SMILES string of the molecule is COc1ccc(N[C@@H](c2ccccc2)c2ccccc2-c2ccccn2)cc1. The van der Waals surface area contributed by atoms with Gasteiger partial charge in [0.2, 0.25) is 0 Å². The summed E-state index contributed by atoms with van der Waals surface area (Å²) in [6.07, 6.45) is 1.83. The number of hydrogen-bond donors (Lipinski definition) is 1. The number of ether oxygens (including phenoxy) is 1. The second-order valence-electron chi connectivity index (χ2n) is 6.52. The van der Waals surface area contributed by atoms with Gasteiger partial charge < -0.3 is 10.1 Å². The summed E-state index contributed by atoms with van der Waals surface area (Å²) in [5.41, 5.74) is 5.50. The molecule has 0 aliphatic rings. The number of nitrogens with zero attached hydrogens (tertiary/aromatic N) is 1. The summed E-state index contributed by atoms with van der Waals surface area (Å²) in [5.74, 6) is 0.843. The number of aromatic nitrogens is 1. The van der Waals surface area contributed by atoms with Gasteiger partial charge >= 0.3 is 0 Å². The average molecular weight is 366 g/mol. The minimum atomic E-state index is -0.00667. The third-order valence-electron chi connectivity index (χ3n) is 4.75. The normalized spacial score (nSPS) is 11.6. The van der Waals surface area contributed by atoms with Gasteiger partial charge in [0.25, 0.3) is 0 Å². The highest BCUT2D eigenvalue weighted by atomic mass is 16.5. The van der Waals surface area contributed by atoms with E-state index >= 15 is 0 Å². The summed E-state index contributed by atoms with van der Waals surface area (Å²) in [6.45, 7) is 0. The molecule has 0 saturated heterocycles. The Kier molecular flexibility index (Phi) is 5.34. The predicted molar refractivity (Wildman–Crippen MR) is 115 cm³/mol. The molecule has 0 spiro atoms. The molecule has 0 radical (unpaired) electrons. The van der Waals surface area contributed by atoms with Gasteiger partial charge in [0.05, 0.1) is 18.8 Å². The van der Waals surface area contributed by atoms with Crippen molar-refractivity contribution in [1.82, 2.24) is 4.98 Å². The molecular formula is C25H22N2O. The molecule has 0 unspecified atom stereocenters. The summed E-state index contributed by atoms with van der Waals surface area (Å²) in [5, 5.41) is 3.69. The van der Waals surface area contributed by atoms with Gasteiger partial charge in [-0.3, -0.25) is 4.98 Å². The summed E-state index contributed by atoms with van der Waals surface area (Å²) in [4.78, 5) is 4.57. The van der Waals surface area contributed by atoms with Crippen LogP contribution in [-0.2, 0) is 0 Å². The Morgan fingerprint density at radius 1 is 0.750 bits per heavy atom. The van der Waals surface area contributed by atoms with Crippen LogP contribution in [0, 0.1) is 0 Å². The Bertz CT molecular complexity index is 1020. The molecule has 0 aliphatic heterocycles. The standard InChI is InChI=1S/C25H22N2O/c1-28-21-16-14-20(15-17-21)27-25(19-9-3-2-4-10-19)23-12-6-5-11-22(23)24-13-7-8-18-26-24/h2-18,25,27H,1H3/t25-/m0/s1. The number of hydrogen-bond acceptors (Lipinski definition) is 3. The van der Waals surface area contributed by atoms with E-state index < -0.39 is 0 Å². The zero-order valence-corrected chi connectivity index (χ0v) is 15.7. The van der Waals surface area contributed by atoms with Crippen LogP contribution in [0.1, 0.15) is 17.2 Å². The third kappa shape index (κ3) is 3.89. The Morgan fingerprint density at radius 2 is 1.46 bits per heavy atom. The van der Waals surface area contributed by atoms with Crippen molar-refractivity contribution >= 4 is 5.69 Å². The van der Waals surface area contributed by atoms with Gasteiger partial charge in [0, 0.05) is 17.4 Å². The predicted octanol–water partition coefficient (Wildman–Crippen LogP) is 5.96. The molecule has 1 aromatic heterocycles. The van der Waals surface area contributed by atoms with Gasteiger partial charge in [-0.1, -0.05) is 60.7 Å². The van der Waals surface area contributed by atoms with E-state index in [1.807, 2.05) is 54.7 Å². The minimum Gasteiger partial charge on any atom is -0.497 e. The molecule has 3 nitrogen and oxygen atoms in total. The second-order valence-corrected chi connectivity index (χ2v) is 6.52. The van der Waals surface area contributed by atoms with Gasteiger partial charge in [0.15, 0.2) is 0 Å². The highest BCUT2D eigenvalue weighted by molar-refractivity contribution is 5.67. The number of pyridine rings is 1. The first-order valence-corrected chi connectivity index (χ1v) is 9.31. The zero-order valence-electron chi connectivity index (χ0n) is 15.7. The fourth-order valence-corrected chi connectivity index (χ4v) is 3.34. The molecule has 3 heteroatoms. The molecular weight excluding hydrogens is 344 g/mol. The van der Waals surface area contributed by atoms with Crippen molar-refractivity contribution in [2.45, 2.75) is 6.04 Å². The van der Waals surface area contributed by atoms with E-state index in [2.05, 4.69) is 58.8 Å². The van der Waals surface area contributed by atoms with E-state index in [0.29, 0.717) is 0 Å². The summed E-state index contributed by atoms with van der Waals surface area (Å²) < 4.78 is 5.28. The van der Waals surface area contributed by atoms with E-state index in [0.717, 1.165) is 22.7 Å². The maximum absolute atomic E-state index is 5.28. The lowest BCUT2D eigenvalue weighted by Gasteiger charge is -2.23. The molecule has 4 aromatic rings. The van der Waals surface area contributed by atoms with Gasteiger partial charge in [-0.2, -0.15) is 0 Å². The van der Waals surface area contributed by atoms with Crippen LogP contribution in [0.15, 0.2) is 103 Å². The molecule has 0 fully saturated rings. The molecule has 1 N–H and O–H groups in total. The smallest absolute Gasteiger partial charge is 0.119 e. The van der Waals surface area contributed by atoms with Crippen LogP contribution in [0.25, 0.3) is 11.3 Å². The highest BCUT2D eigenvalue weighted by Crippen LogP contribution is 2.33. The van der Waals surface area contributed by atoms with Crippen LogP contribution in [0.5, 0.6) is 5.75 Å². The largest absolute Gasteiger partial charge is 0.497 e. The molecule has 138 valence electrons. The maximum Gasteiger partial charge on any atom is 0.119 e. The van der Waals surface area contributed by atoms with Crippen molar-refractivity contribution < 1.29 is 4.74 Å². The lowest BCUT2D eigenvalue weighted by molar-refractivity contribution is 0.415. The van der Waals surface area contributed by atoms with Crippen LogP contribution in [0.2, 0.25) is 0 Å². The van der Waals surface area contributed by atoms with Crippen LogP contribution >= 0.6 is 0 Å². The van der Waals surface area contributed by atoms with Crippen molar-refractivity contribution in [2.24, 2.45) is 0 Å². The van der Waals surface area contributed by atoms with E-state index in [1.54, 1.807) is 7.11 Å². The van der Waals surface area contributed by atoms with Gasteiger partial charge in [-0.05, 0) is 47.5 Å². The Morgan fingerprint density at radius 3 is 2.18 bits per heavy atom. The summed E-state index contributed by atoms with van der Waals surface area (Å²) >= 11 is 0. The van der Waals surface area contributed by atoms with Crippen molar-refractivity contribution in [1.29, 1.82) is 0 Å². The molecule has 1 atom stereocenters. The van der Waals surface area contributed by atoms with Crippen molar-refractivity contribution in [3.05, 3.63) is 114 Å². The Balaban J connectivity index is 1.78. The number of nitrogens with one attached hydrogen (secondary N) is 1. The molecule has 28 heavy (non-hydrogen) atoms. The summed E-state index contributed by atoms with van der Waals surface area (Å²) in [6, 6.07) is 32.9. The fraction of sp³-hybridized carbons (Fsp3) is 0.0800. The maximum atomic E-state index is 5.28. The van der Waals surface area contributed by atoms with Crippen molar-refractivity contribution in [3.8, 4) is 17.0 Å². The fourth-order valence-electron chi connectivity index (χ4n) is 3.34. The van der Waals surface area contributed by atoms with E-state index in [-0.39, 0.29) is 6.04 Å². The molecule has 1 heterocycles. The number of anilines is 1. The van der Waals surface area contributed by atoms with Gasteiger partial charge in [-0.25, -0.2) is 0 Å².